The normalized spacial score (nSPS) is 18.9. The summed E-state index contributed by atoms with van der Waals surface area (Å²) < 4.78 is 81.2. The molecule has 1 aliphatic rings. The van der Waals surface area contributed by atoms with Gasteiger partial charge in [0.1, 0.15) is 5.82 Å². The Kier molecular flexibility index (Phi) is 7.13. The Labute approximate surface area is 209 Å². The number of carbonyl (C=O) groups excluding carboxylic acids is 1. The highest BCUT2D eigenvalue weighted by atomic mass is 35.5. The summed E-state index contributed by atoms with van der Waals surface area (Å²) in [6, 6.07) is 8.07. The first-order valence-corrected chi connectivity index (χ1v) is 12.6. The first kappa shape index (κ1) is 26.1. The summed E-state index contributed by atoms with van der Waals surface area (Å²) in [6.45, 7) is 0.126. The lowest BCUT2D eigenvalue weighted by atomic mass is 9.89. The highest BCUT2D eigenvalue weighted by molar-refractivity contribution is 7.89. The van der Waals surface area contributed by atoms with Crippen molar-refractivity contribution in [2.45, 2.75) is 17.1 Å². The van der Waals surface area contributed by atoms with Crippen LogP contribution in [0.3, 0.4) is 0 Å². The van der Waals surface area contributed by atoms with E-state index in [1.54, 1.807) is 19.2 Å². The fourth-order valence-electron chi connectivity index (χ4n) is 4.17. The number of aromatic nitrogens is 2. The molecule has 1 amide bonds. The maximum atomic E-state index is 13.5. The van der Waals surface area contributed by atoms with Crippen LogP contribution in [-0.4, -0.2) is 47.8 Å². The van der Waals surface area contributed by atoms with Crippen LogP contribution in [0.25, 0.3) is 0 Å². The smallest absolute Gasteiger partial charge is 0.352 e. The third-order valence-corrected chi connectivity index (χ3v) is 8.09. The summed E-state index contributed by atoms with van der Waals surface area (Å²) in [5.41, 5.74) is -0.438. The van der Waals surface area contributed by atoms with Crippen LogP contribution >= 0.6 is 11.6 Å². The van der Waals surface area contributed by atoms with E-state index in [1.165, 1.54) is 33.5 Å². The lowest BCUT2D eigenvalue weighted by molar-refractivity contribution is -0.137. The molecule has 0 spiro atoms. The Hall–Kier alpha value is -2.96. The van der Waals surface area contributed by atoms with Crippen molar-refractivity contribution in [3.05, 3.63) is 82.5 Å². The number of nitrogens with zero attached hydrogens (tertiary/aromatic N) is 3. The lowest BCUT2D eigenvalue weighted by Gasteiger charge is -2.19. The fourth-order valence-corrected chi connectivity index (χ4v) is 5.93. The molecule has 2 heterocycles. The number of hydrogen-bond donors (Lipinski definition) is 1. The van der Waals surface area contributed by atoms with Crippen molar-refractivity contribution in [3.63, 3.8) is 0 Å². The Balaban J connectivity index is 1.55. The van der Waals surface area contributed by atoms with Gasteiger partial charge in [0.05, 0.1) is 22.5 Å². The van der Waals surface area contributed by atoms with Crippen LogP contribution in [0.4, 0.5) is 17.6 Å². The van der Waals surface area contributed by atoms with Gasteiger partial charge in [0.25, 0.3) is 15.9 Å². The van der Waals surface area contributed by atoms with Crippen LogP contribution in [0, 0.1) is 11.7 Å². The molecule has 36 heavy (non-hydrogen) atoms. The minimum absolute atomic E-state index is 0.00641. The monoisotopic (exact) mass is 544 g/mol. The molecule has 0 aliphatic carbocycles. The molecule has 7 nitrogen and oxygen atoms in total. The summed E-state index contributed by atoms with van der Waals surface area (Å²) >= 11 is 5.93. The molecule has 0 radical (unpaired) electrons. The summed E-state index contributed by atoms with van der Waals surface area (Å²) in [4.78, 5) is 16.6. The molecule has 13 heteroatoms. The first-order valence-electron chi connectivity index (χ1n) is 10.7. The summed E-state index contributed by atoms with van der Waals surface area (Å²) in [5.74, 6) is -1.94. The first-order chi connectivity index (χ1) is 16.9. The van der Waals surface area contributed by atoms with Gasteiger partial charge in [0, 0.05) is 38.8 Å². The Morgan fingerprint density at radius 3 is 2.44 bits per heavy atom. The van der Waals surface area contributed by atoms with Gasteiger partial charge < -0.3 is 9.88 Å². The van der Waals surface area contributed by atoms with Gasteiger partial charge in [-0.05, 0) is 41.8 Å². The number of sulfonamides is 1. The van der Waals surface area contributed by atoms with E-state index in [2.05, 4.69) is 10.3 Å². The third-order valence-electron chi connectivity index (χ3n) is 6.06. The van der Waals surface area contributed by atoms with Gasteiger partial charge in [-0.2, -0.15) is 17.5 Å². The third kappa shape index (κ3) is 5.40. The summed E-state index contributed by atoms with van der Waals surface area (Å²) in [5, 5.41) is 2.17. The zero-order chi connectivity index (χ0) is 26.3. The number of nitrogens with one attached hydrogen (secondary N) is 1. The largest absolute Gasteiger partial charge is 0.416 e. The standard InChI is InChI=1S/C23H21ClF4N4O3S/c1-31-12-21(30-13-31)36(34,35)32-10-15(19(11-32)14-2-5-17(25)6-3-14)9-29-22(33)18-7-4-16(8-20(18)24)23(26,27)28/h2-8,12-13,15,19H,9-11H2,1H3,(H,29,33)/t15-,19+/m0/s1. The van der Waals surface area contributed by atoms with E-state index in [0.717, 1.165) is 12.1 Å². The van der Waals surface area contributed by atoms with E-state index in [9.17, 15) is 30.8 Å². The number of halogens is 5. The van der Waals surface area contributed by atoms with Crippen LogP contribution in [-0.2, 0) is 23.2 Å². The number of benzene rings is 2. The second-order valence-corrected chi connectivity index (χ2v) is 10.8. The number of hydrogen-bond acceptors (Lipinski definition) is 4. The SMILES string of the molecule is Cn1cnc(S(=O)(=O)N2C[C@H](CNC(=O)c3ccc(C(F)(F)F)cc3Cl)[C@@H](c3ccc(F)cc3)C2)c1. The highest BCUT2D eigenvalue weighted by Gasteiger charge is 2.41. The molecule has 0 unspecified atom stereocenters. The fraction of sp³-hybridized carbons (Fsp3) is 0.304. The number of aryl methyl sites for hydroxylation is 1. The summed E-state index contributed by atoms with van der Waals surface area (Å²) in [7, 11) is -2.29. The minimum atomic E-state index is -4.60. The van der Waals surface area contributed by atoms with Crippen LogP contribution in [0.5, 0.6) is 0 Å². The van der Waals surface area contributed by atoms with Crippen molar-refractivity contribution in [3.8, 4) is 0 Å². The van der Waals surface area contributed by atoms with E-state index in [0.29, 0.717) is 11.6 Å². The van der Waals surface area contributed by atoms with Crippen molar-refractivity contribution in [2.24, 2.45) is 13.0 Å². The number of carbonyl (C=O) groups is 1. The molecular weight excluding hydrogens is 524 g/mol. The average molecular weight is 545 g/mol. The van der Waals surface area contributed by atoms with Crippen molar-refractivity contribution >= 4 is 27.5 Å². The van der Waals surface area contributed by atoms with E-state index < -0.39 is 39.4 Å². The molecule has 1 fully saturated rings. The Bertz CT molecular complexity index is 1380. The molecule has 1 aromatic heterocycles. The molecule has 1 saturated heterocycles. The number of alkyl halides is 3. The topological polar surface area (TPSA) is 84.3 Å². The predicted molar refractivity (Wildman–Crippen MR) is 123 cm³/mol. The number of imidazole rings is 1. The summed E-state index contributed by atoms with van der Waals surface area (Å²) in [6.07, 6.45) is -1.86. The van der Waals surface area contributed by atoms with E-state index in [1.807, 2.05) is 0 Å². The zero-order valence-corrected chi connectivity index (χ0v) is 20.4. The van der Waals surface area contributed by atoms with Gasteiger partial charge in [-0.1, -0.05) is 23.7 Å². The molecule has 0 bridgehead atoms. The quantitative estimate of drug-likeness (QED) is 0.474. The van der Waals surface area contributed by atoms with Gasteiger partial charge in [-0.25, -0.2) is 17.8 Å². The molecule has 192 valence electrons. The molecule has 4 rings (SSSR count). The van der Waals surface area contributed by atoms with Gasteiger partial charge in [-0.3, -0.25) is 4.79 Å². The number of amides is 1. The Morgan fingerprint density at radius 1 is 1.17 bits per heavy atom. The number of rotatable bonds is 6. The van der Waals surface area contributed by atoms with Gasteiger partial charge in [0.15, 0.2) is 5.03 Å². The van der Waals surface area contributed by atoms with Crippen molar-refractivity contribution in [1.82, 2.24) is 19.2 Å². The van der Waals surface area contributed by atoms with Crippen molar-refractivity contribution in [1.29, 1.82) is 0 Å². The predicted octanol–water partition coefficient (Wildman–Crippen LogP) is 4.07. The van der Waals surface area contributed by atoms with Crippen LogP contribution in [0.2, 0.25) is 5.02 Å². The van der Waals surface area contributed by atoms with Gasteiger partial charge in [0.2, 0.25) is 0 Å². The Morgan fingerprint density at radius 2 is 1.86 bits per heavy atom. The molecular formula is C23H21ClF4N4O3S. The van der Waals surface area contributed by atoms with Crippen molar-refractivity contribution < 1.29 is 30.8 Å². The van der Waals surface area contributed by atoms with Gasteiger partial charge >= 0.3 is 6.18 Å². The average Bonchev–Trinajstić information content (AvgIpc) is 3.44. The molecule has 2 atom stereocenters. The molecule has 1 aliphatic heterocycles. The van der Waals surface area contributed by atoms with E-state index >= 15 is 0 Å². The highest BCUT2D eigenvalue weighted by Crippen LogP contribution is 2.36. The second-order valence-electron chi connectivity index (χ2n) is 8.52. The zero-order valence-electron chi connectivity index (χ0n) is 18.8. The minimum Gasteiger partial charge on any atom is -0.352 e. The molecule has 3 aromatic rings. The lowest BCUT2D eigenvalue weighted by Crippen LogP contribution is -2.33. The van der Waals surface area contributed by atoms with Crippen LogP contribution < -0.4 is 5.32 Å². The van der Waals surface area contributed by atoms with E-state index in [4.69, 9.17) is 11.6 Å². The molecule has 0 saturated carbocycles. The maximum absolute atomic E-state index is 13.5. The van der Waals surface area contributed by atoms with Crippen molar-refractivity contribution in [2.75, 3.05) is 19.6 Å². The van der Waals surface area contributed by atoms with E-state index in [-0.39, 0.29) is 41.2 Å². The second kappa shape index (κ2) is 9.83. The van der Waals surface area contributed by atoms with Gasteiger partial charge in [-0.15, -0.1) is 0 Å². The van der Waals surface area contributed by atoms with Crippen LogP contribution in [0.1, 0.15) is 27.4 Å². The molecule has 1 N–H and O–H groups in total. The van der Waals surface area contributed by atoms with Crippen LogP contribution in [0.15, 0.2) is 60.0 Å². The molecule has 2 aromatic carbocycles. The maximum Gasteiger partial charge on any atom is 0.416 e.